The average molecular weight is 375 g/mol. The Morgan fingerprint density at radius 3 is 1.91 bits per heavy atom. The molecular formula is C17H15BrN2O3. The number of amides is 2. The first-order chi connectivity index (χ1) is 10.9. The van der Waals surface area contributed by atoms with Gasteiger partial charge in [0.15, 0.2) is 5.78 Å². The van der Waals surface area contributed by atoms with Crippen LogP contribution in [0.2, 0.25) is 0 Å². The van der Waals surface area contributed by atoms with E-state index in [1.54, 1.807) is 36.4 Å². The molecule has 0 aliphatic rings. The Morgan fingerprint density at radius 1 is 0.870 bits per heavy atom. The van der Waals surface area contributed by atoms with Crippen LogP contribution in [-0.4, -0.2) is 17.6 Å². The van der Waals surface area contributed by atoms with Crippen molar-refractivity contribution >= 4 is 44.9 Å². The Kier molecular flexibility index (Phi) is 5.28. The van der Waals surface area contributed by atoms with Crippen molar-refractivity contribution in [1.29, 1.82) is 0 Å². The maximum Gasteiger partial charge on any atom is 0.314 e. The molecule has 0 atom stereocenters. The average Bonchev–Trinajstić information content (AvgIpc) is 2.51. The van der Waals surface area contributed by atoms with Crippen molar-refractivity contribution in [1.82, 2.24) is 0 Å². The van der Waals surface area contributed by atoms with E-state index in [0.717, 1.165) is 10.0 Å². The smallest absolute Gasteiger partial charge is 0.314 e. The van der Waals surface area contributed by atoms with Crippen LogP contribution >= 0.6 is 15.9 Å². The summed E-state index contributed by atoms with van der Waals surface area (Å²) in [5.41, 5.74) is 2.53. The molecule has 2 aromatic rings. The quantitative estimate of drug-likeness (QED) is 0.637. The van der Waals surface area contributed by atoms with Gasteiger partial charge in [-0.05, 0) is 55.8 Å². The molecule has 0 bridgehead atoms. The van der Waals surface area contributed by atoms with Gasteiger partial charge >= 0.3 is 11.8 Å². The van der Waals surface area contributed by atoms with Crippen molar-refractivity contribution < 1.29 is 14.4 Å². The molecule has 0 saturated carbocycles. The van der Waals surface area contributed by atoms with Crippen LogP contribution in [0, 0.1) is 6.92 Å². The molecule has 118 valence electrons. The first-order valence-electron chi connectivity index (χ1n) is 6.86. The molecule has 0 radical (unpaired) electrons. The fraction of sp³-hybridized carbons (Fsp3) is 0.118. The molecule has 2 rings (SSSR count). The first-order valence-corrected chi connectivity index (χ1v) is 7.65. The second-order valence-electron chi connectivity index (χ2n) is 5.01. The van der Waals surface area contributed by atoms with E-state index in [1.807, 2.05) is 13.0 Å². The summed E-state index contributed by atoms with van der Waals surface area (Å²) in [5.74, 6) is -1.61. The summed E-state index contributed by atoms with van der Waals surface area (Å²) in [5, 5.41) is 5.00. The van der Waals surface area contributed by atoms with Gasteiger partial charge in [0.25, 0.3) is 0 Å². The number of hydrogen-bond donors (Lipinski definition) is 2. The number of aryl methyl sites for hydroxylation is 1. The van der Waals surface area contributed by atoms with Gasteiger partial charge in [-0.1, -0.05) is 22.0 Å². The largest absolute Gasteiger partial charge is 0.318 e. The summed E-state index contributed by atoms with van der Waals surface area (Å²) in [4.78, 5) is 35.0. The first kappa shape index (κ1) is 16.9. The van der Waals surface area contributed by atoms with E-state index in [1.165, 1.54) is 6.92 Å². The van der Waals surface area contributed by atoms with Gasteiger partial charge in [-0.25, -0.2) is 0 Å². The van der Waals surface area contributed by atoms with Gasteiger partial charge in [-0.2, -0.15) is 0 Å². The van der Waals surface area contributed by atoms with Crippen LogP contribution in [0.25, 0.3) is 0 Å². The van der Waals surface area contributed by atoms with Crippen LogP contribution in [0.3, 0.4) is 0 Å². The van der Waals surface area contributed by atoms with Gasteiger partial charge in [-0.15, -0.1) is 0 Å². The molecule has 0 fully saturated rings. The standard InChI is InChI=1S/C17H15BrN2O3/c1-10-3-6-14(9-15(10)18)20-17(23)16(22)19-13-7-4-12(5-8-13)11(2)21/h3-9H,1-2H3,(H,19,22)(H,20,23). The van der Waals surface area contributed by atoms with Crippen LogP contribution < -0.4 is 10.6 Å². The summed E-state index contributed by atoms with van der Waals surface area (Å²) < 4.78 is 0.843. The molecule has 2 aromatic carbocycles. The second-order valence-corrected chi connectivity index (χ2v) is 5.86. The van der Waals surface area contributed by atoms with Crippen molar-refractivity contribution in [2.75, 3.05) is 10.6 Å². The molecule has 0 heterocycles. The minimum Gasteiger partial charge on any atom is -0.318 e. The van der Waals surface area contributed by atoms with Gasteiger partial charge in [-0.3, -0.25) is 14.4 Å². The Morgan fingerprint density at radius 2 is 1.39 bits per heavy atom. The topological polar surface area (TPSA) is 75.3 Å². The van der Waals surface area contributed by atoms with Gasteiger partial charge in [0.1, 0.15) is 0 Å². The van der Waals surface area contributed by atoms with Gasteiger partial charge in [0.2, 0.25) is 0 Å². The maximum atomic E-state index is 11.9. The zero-order valence-corrected chi connectivity index (χ0v) is 14.2. The number of carbonyl (C=O) groups is 3. The fourth-order valence-corrected chi connectivity index (χ4v) is 2.21. The van der Waals surface area contributed by atoms with E-state index in [-0.39, 0.29) is 5.78 Å². The zero-order chi connectivity index (χ0) is 17.0. The number of nitrogens with one attached hydrogen (secondary N) is 2. The lowest BCUT2D eigenvalue weighted by molar-refractivity contribution is -0.132. The van der Waals surface area contributed by atoms with E-state index in [2.05, 4.69) is 26.6 Å². The van der Waals surface area contributed by atoms with E-state index in [0.29, 0.717) is 16.9 Å². The summed E-state index contributed by atoms with van der Waals surface area (Å²) in [6.07, 6.45) is 0. The van der Waals surface area contributed by atoms with Crippen molar-refractivity contribution in [2.24, 2.45) is 0 Å². The molecule has 2 amide bonds. The summed E-state index contributed by atoms with van der Waals surface area (Å²) >= 11 is 3.37. The van der Waals surface area contributed by atoms with Crippen LogP contribution in [0.15, 0.2) is 46.9 Å². The molecule has 0 aliphatic heterocycles. The van der Waals surface area contributed by atoms with E-state index in [9.17, 15) is 14.4 Å². The van der Waals surface area contributed by atoms with Gasteiger partial charge < -0.3 is 10.6 Å². The molecule has 23 heavy (non-hydrogen) atoms. The van der Waals surface area contributed by atoms with E-state index >= 15 is 0 Å². The highest BCUT2D eigenvalue weighted by atomic mass is 79.9. The molecule has 0 aromatic heterocycles. The predicted octanol–water partition coefficient (Wildman–Crippen LogP) is 3.54. The number of rotatable bonds is 3. The number of hydrogen-bond acceptors (Lipinski definition) is 3. The Hall–Kier alpha value is -2.47. The normalized spacial score (nSPS) is 10.0. The van der Waals surface area contributed by atoms with Crippen molar-refractivity contribution in [3.63, 3.8) is 0 Å². The second kappa shape index (κ2) is 7.19. The Balaban J connectivity index is 2.00. The van der Waals surface area contributed by atoms with Crippen LogP contribution in [-0.2, 0) is 9.59 Å². The molecule has 6 heteroatoms. The third kappa shape index (κ3) is 4.50. The lowest BCUT2D eigenvalue weighted by atomic mass is 10.1. The molecule has 0 aliphatic carbocycles. The number of anilines is 2. The summed E-state index contributed by atoms with van der Waals surface area (Å²) in [6.45, 7) is 3.38. The zero-order valence-electron chi connectivity index (χ0n) is 12.6. The molecule has 5 nitrogen and oxygen atoms in total. The number of ketones is 1. The Bertz CT molecular complexity index is 770. The van der Waals surface area contributed by atoms with Gasteiger partial charge in [0.05, 0.1) is 0 Å². The highest BCUT2D eigenvalue weighted by molar-refractivity contribution is 9.10. The minimum atomic E-state index is -0.780. The SMILES string of the molecule is CC(=O)c1ccc(NC(=O)C(=O)Nc2ccc(C)c(Br)c2)cc1. The summed E-state index contributed by atoms with van der Waals surface area (Å²) in [6, 6.07) is 11.6. The Labute approximate surface area is 142 Å². The molecule has 0 unspecified atom stereocenters. The van der Waals surface area contributed by atoms with Crippen molar-refractivity contribution in [3.8, 4) is 0 Å². The van der Waals surface area contributed by atoms with Gasteiger partial charge in [0, 0.05) is 21.4 Å². The number of carbonyl (C=O) groups excluding carboxylic acids is 3. The van der Waals surface area contributed by atoms with Crippen LogP contribution in [0.1, 0.15) is 22.8 Å². The molecule has 0 spiro atoms. The van der Waals surface area contributed by atoms with E-state index in [4.69, 9.17) is 0 Å². The molecular weight excluding hydrogens is 360 g/mol. The van der Waals surface area contributed by atoms with Crippen molar-refractivity contribution in [3.05, 3.63) is 58.1 Å². The maximum absolute atomic E-state index is 11.9. The van der Waals surface area contributed by atoms with Crippen LogP contribution in [0.5, 0.6) is 0 Å². The monoisotopic (exact) mass is 374 g/mol. The van der Waals surface area contributed by atoms with E-state index < -0.39 is 11.8 Å². The van der Waals surface area contributed by atoms with Crippen LogP contribution in [0.4, 0.5) is 11.4 Å². The third-order valence-corrected chi connectivity index (χ3v) is 4.04. The van der Waals surface area contributed by atoms with Crippen molar-refractivity contribution in [2.45, 2.75) is 13.8 Å². The number of benzene rings is 2. The summed E-state index contributed by atoms with van der Waals surface area (Å²) in [7, 11) is 0. The predicted molar refractivity (Wildman–Crippen MR) is 92.6 cm³/mol. The molecule has 0 saturated heterocycles. The highest BCUT2D eigenvalue weighted by Crippen LogP contribution is 2.20. The number of halogens is 1. The lowest BCUT2D eigenvalue weighted by Crippen LogP contribution is -2.29. The fourth-order valence-electron chi connectivity index (χ4n) is 1.83. The lowest BCUT2D eigenvalue weighted by Gasteiger charge is -2.08. The molecule has 2 N–H and O–H groups in total. The number of Topliss-reactive ketones (excluding diaryl/α,β-unsaturated/α-hetero) is 1. The third-order valence-electron chi connectivity index (χ3n) is 3.19. The minimum absolute atomic E-state index is 0.0643. The highest BCUT2D eigenvalue weighted by Gasteiger charge is 2.14.